The molecule has 0 bridgehead atoms. The first kappa shape index (κ1) is 7.65. The third-order valence-corrected chi connectivity index (χ3v) is 2.36. The maximum absolute atomic E-state index is 4.42. The first-order valence-corrected chi connectivity index (χ1v) is 4.49. The van der Waals surface area contributed by atoms with E-state index in [2.05, 4.69) is 35.0 Å². The molecule has 0 amide bonds. The molecule has 1 aromatic heterocycles. The van der Waals surface area contributed by atoms with E-state index in [0.717, 1.165) is 12.1 Å². The van der Waals surface area contributed by atoms with E-state index >= 15 is 0 Å². The van der Waals surface area contributed by atoms with Crippen molar-refractivity contribution in [2.45, 2.75) is 39.3 Å². The van der Waals surface area contributed by atoms with Crippen molar-refractivity contribution >= 4 is 5.82 Å². The fourth-order valence-electron chi connectivity index (χ4n) is 1.88. The molecule has 1 aliphatic heterocycles. The Balaban J connectivity index is 2.40. The van der Waals surface area contributed by atoms with Crippen molar-refractivity contribution in [2.24, 2.45) is 0 Å². The van der Waals surface area contributed by atoms with Crippen LogP contribution in [0.3, 0.4) is 0 Å². The van der Waals surface area contributed by atoms with Gasteiger partial charge >= 0.3 is 0 Å². The summed E-state index contributed by atoms with van der Waals surface area (Å²) in [6.45, 7) is 6.46. The summed E-state index contributed by atoms with van der Waals surface area (Å²) in [5.74, 6) is 1.17. The van der Waals surface area contributed by atoms with Gasteiger partial charge in [0.15, 0.2) is 0 Å². The van der Waals surface area contributed by atoms with E-state index in [-0.39, 0.29) is 0 Å². The van der Waals surface area contributed by atoms with Gasteiger partial charge in [-0.15, -0.1) is 0 Å². The highest BCUT2D eigenvalue weighted by atomic mass is 15.4. The van der Waals surface area contributed by atoms with Crippen molar-refractivity contribution in [1.29, 1.82) is 0 Å². The third kappa shape index (κ3) is 1.09. The van der Waals surface area contributed by atoms with Gasteiger partial charge < -0.3 is 5.32 Å². The lowest BCUT2D eigenvalue weighted by Crippen LogP contribution is -2.28. The Labute approximate surface area is 72.8 Å². The van der Waals surface area contributed by atoms with Crippen molar-refractivity contribution in [2.75, 3.05) is 5.32 Å². The number of aryl methyl sites for hydroxylation is 1. The standard InChI is InChI=1S/C9H15N3/c1-6-4-8(3)12-9(10-6)5-7(2)11-12/h5-6,8,10H,4H2,1-3H3/t6-,8+/m0/s1. The summed E-state index contributed by atoms with van der Waals surface area (Å²) in [5, 5.41) is 7.83. The summed E-state index contributed by atoms with van der Waals surface area (Å²) in [7, 11) is 0. The molecule has 0 aromatic carbocycles. The van der Waals surface area contributed by atoms with Crippen molar-refractivity contribution in [3.63, 3.8) is 0 Å². The molecule has 0 fully saturated rings. The SMILES string of the molecule is Cc1cc2n(n1)[C@H](C)C[C@H](C)N2. The Morgan fingerprint density at radius 3 is 3.08 bits per heavy atom. The zero-order valence-electron chi connectivity index (χ0n) is 7.83. The van der Waals surface area contributed by atoms with Gasteiger partial charge in [-0.2, -0.15) is 5.10 Å². The second-order valence-electron chi connectivity index (χ2n) is 3.75. The lowest BCUT2D eigenvalue weighted by atomic mass is 10.1. The highest BCUT2D eigenvalue weighted by Gasteiger charge is 2.20. The van der Waals surface area contributed by atoms with E-state index in [0.29, 0.717) is 12.1 Å². The van der Waals surface area contributed by atoms with Gasteiger partial charge in [0.1, 0.15) is 5.82 Å². The first-order valence-electron chi connectivity index (χ1n) is 4.49. The van der Waals surface area contributed by atoms with E-state index in [1.54, 1.807) is 0 Å². The molecule has 0 saturated carbocycles. The van der Waals surface area contributed by atoms with E-state index < -0.39 is 0 Å². The number of aromatic nitrogens is 2. The maximum Gasteiger partial charge on any atom is 0.125 e. The fourth-order valence-corrected chi connectivity index (χ4v) is 1.88. The Hall–Kier alpha value is -0.990. The molecule has 0 aliphatic carbocycles. The average molecular weight is 165 g/mol. The van der Waals surface area contributed by atoms with Crippen molar-refractivity contribution in [3.8, 4) is 0 Å². The normalized spacial score (nSPS) is 27.9. The summed E-state index contributed by atoms with van der Waals surface area (Å²) in [5.41, 5.74) is 1.10. The van der Waals surface area contributed by atoms with Gasteiger partial charge in [0.25, 0.3) is 0 Å². The van der Waals surface area contributed by atoms with Gasteiger partial charge in [-0.25, -0.2) is 4.68 Å². The number of rotatable bonds is 0. The van der Waals surface area contributed by atoms with Crippen LogP contribution in [0.2, 0.25) is 0 Å². The fraction of sp³-hybridized carbons (Fsp3) is 0.667. The molecule has 1 aliphatic rings. The summed E-state index contributed by atoms with van der Waals surface area (Å²) >= 11 is 0. The van der Waals surface area contributed by atoms with Crippen LogP contribution in [0.1, 0.15) is 32.0 Å². The third-order valence-electron chi connectivity index (χ3n) is 2.36. The Morgan fingerprint density at radius 2 is 2.33 bits per heavy atom. The molecule has 12 heavy (non-hydrogen) atoms. The summed E-state index contributed by atoms with van der Waals surface area (Å²) in [6, 6.07) is 3.21. The minimum absolute atomic E-state index is 0.532. The average Bonchev–Trinajstić information content (AvgIpc) is 2.29. The van der Waals surface area contributed by atoms with Crippen LogP contribution < -0.4 is 5.32 Å². The molecular weight excluding hydrogens is 150 g/mol. The zero-order valence-corrected chi connectivity index (χ0v) is 7.83. The van der Waals surface area contributed by atoms with Crippen LogP contribution in [0.5, 0.6) is 0 Å². The zero-order chi connectivity index (χ0) is 8.72. The molecular formula is C9H15N3. The largest absolute Gasteiger partial charge is 0.368 e. The molecule has 3 nitrogen and oxygen atoms in total. The van der Waals surface area contributed by atoms with Gasteiger partial charge in [0, 0.05) is 12.1 Å². The van der Waals surface area contributed by atoms with E-state index in [4.69, 9.17) is 0 Å². The van der Waals surface area contributed by atoms with Gasteiger partial charge in [0.05, 0.1) is 11.7 Å². The molecule has 0 radical (unpaired) electrons. The van der Waals surface area contributed by atoms with Crippen molar-refractivity contribution < 1.29 is 0 Å². The monoisotopic (exact) mass is 165 g/mol. The van der Waals surface area contributed by atoms with Gasteiger partial charge in [-0.05, 0) is 27.2 Å². The van der Waals surface area contributed by atoms with E-state index in [1.807, 2.05) is 6.92 Å². The van der Waals surface area contributed by atoms with Crippen molar-refractivity contribution in [1.82, 2.24) is 9.78 Å². The molecule has 2 rings (SSSR count). The van der Waals surface area contributed by atoms with Gasteiger partial charge in [-0.1, -0.05) is 0 Å². The molecule has 1 aromatic rings. The van der Waals surface area contributed by atoms with Crippen molar-refractivity contribution in [3.05, 3.63) is 11.8 Å². The summed E-state index contributed by atoms with van der Waals surface area (Å²) < 4.78 is 2.08. The Bertz CT molecular complexity index is 290. The molecule has 2 heterocycles. The Morgan fingerprint density at radius 1 is 1.58 bits per heavy atom. The lowest BCUT2D eigenvalue weighted by Gasteiger charge is -2.27. The van der Waals surface area contributed by atoms with Gasteiger partial charge in [0.2, 0.25) is 0 Å². The van der Waals surface area contributed by atoms with Crippen LogP contribution in [0, 0.1) is 6.92 Å². The van der Waals surface area contributed by atoms with Gasteiger partial charge in [-0.3, -0.25) is 0 Å². The second-order valence-corrected chi connectivity index (χ2v) is 3.75. The summed E-state index contributed by atoms with van der Waals surface area (Å²) in [4.78, 5) is 0. The number of anilines is 1. The minimum Gasteiger partial charge on any atom is -0.368 e. The quantitative estimate of drug-likeness (QED) is 0.637. The first-order chi connectivity index (χ1) is 5.66. The highest BCUT2D eigenvalue weighted by Crippen LogP contribution is 2.26. The molecule has 66 valence electrons. The molecule has 0 saturated heterocycles. The van der Waals surface area contributed by atoms with Crippen LogP contribution in [-0.2, 0) is 0 Å². The van der Waals surface area contributed by atoms with Crippen LogP contribution >= 0.6 is 0 Å². The lowest BCUT2D eigenvalue weighted by molar-refractivity contribution is 0.412. The predicted octanol–water partition coefficient (Wildman–Crippen LogP) is 1.96. The van der Waals surface area contributed by atoms with Crippen LogP contribution in [0.15, 0.2) is 6.07 Å². The van der Waals surface area contributed by atoms with E-state index in [1.165, 1.54) is 5.82 Å². The highest BCUT2D eigenvalue weighted by molar-refractivity contribution is 5.39. The molecule has 3 heteroatoms. The van der Waals surface area contributed by atoms with E-state index in [9.17, 15) is 0 Å². The predicted molar refractivity (Wildman–Crippen MR) is 49.4 cm³/mol. The number of fused-ring (bicyclic) bond motifs is 1. The van der Waals surface area contributed by atoms with Crippen LogP contribution in [0.25, 0.3) is 0 Å². The Kier molecular flexibility index (Phi) is 1.60. The number of nitrogens with one attached hydrogen (secondary N) is 1. The topological polar surface area (TPSA) is 29.9 Å². The maximum atomic E-state index is 4.42. The minimum atomic E-state index is 0.532. The molecule has 0 unspecified atom stereocenters. The number of hydrogen-bond donors (Lipinski definition) is 1. The molecule has 0 spiro atoms. The second kappa shape index (κ2) is 2.51. The molecule has 1 N–H and O–H groups in total. The smallest absolute Gasteiger partial charge is 0.125 e. The number of hydrogen-bond acceptors (Lipinski definition) is 2. The van der Waals surface area contributed by atoms with Crippen LogP contribution in [-0.4, -0.2) is 15.8 Å². The summed E-state index contributed by atoms with van der Waals surface area (Å²) in [6.07, 6.45) is 1.16. The number of nitrogens with zero attached hydrogens (tertiary/aromatic N) is 2. The molecule has 2 atom stereocenters. The van der Waals surface area contributed by atoms with Crippen LogP contribution in [0.4, 0.5) is 5.82 Å².